The van der Waals surface area contributed by atoms with Gasteiger partial charge in [-0.1, -0.05) is 233 Å². The van der Waals surface area contributed by atoms with Gasteiger partial charge in [-0.25, -0.2) is 68.9 Å². The van der Waals surface area contributed by atoms with Gasteiger partial charge in [0.15, 0.2) is 0 Å². The minimum Gasteiger partial charge on any atom is -0.489 e. The molecular formula is C113H89Br2F10N5O10. The smallest absolute Gasteiger partial charge is 0.222 e. The Morgan fingerprint density at radius 1 is 0.229 bits per heavy atom. The summed E-state index contributed by atoms with van der Waals surface area (Å²) in [5.41, 5.74) is 12.1. The highest BCUT2D eigenvalue weighted by Crippen LogP contribution is 2.36. The number of nitrogens with zero attached hydrogens (tertiary/aromatic N) is 5. The maximum atomic E-state index is 13.9. The Balaban J connectivity index is 0.000000126. The van der Waals surface area contributed by atoms with Crippen LogP contribution in [0.1, 0.15) is 130 Å². The summed E-state index contributed by atoms with van der Waals surface area (Å²) >= 11 is 6.84. The Labute approximate surface area is 819 Å². The van der Waals surface area contributed by atoms with Gasteiger partial charge in [-0.3, -0.25) is 0 Å². The van der Waals surface area contributed by atoms with Crippen molar-refractivity contribution in [1.82, 2.24) is 0 Å². The van der Waals surface area contributed by atoms with Crippen LogP contribution < -0.4 is 23.7 Å². The zero-order valence-corrected chi connectivity index (χ0v) is 78.7. The molecule has 5 aliphatic rings. The highest BCUT2D eigenvalue weighted by Gasteiger charge is 2.32. The second-order valence-corrected chi connectivity index (χ2v) is 34.5. The number of para-hydroxylation sites is 1. The Morgan fingerprint density at radius 2 is 0.421 bits per heavy atom. The van der Waals surface area contributed by atoms with Crippen molar-refractivity contribution in [3.05, 3.63) is 501 Å². The minimum absolute atomic E-state index is 0.00179. The lowest BCUT2D eigenvalue weighted by Gasteiger charge is -2.10. The average molecular weight is 2030 g/mol. The molecule has 15 aromatic carbocycles. The van der Waals surface area contributed by atoms with Crippen molar-refractivity contribution >= 4 is 61.3 Å². The van der Waals surface area contributed by atoms with Crippen LogP contribution >= 0.6 is 31.9 Å². The van der Waals surface area contributed by atoms with E-state index in [2.05, 4.69) is 56.8 Å². The summed E-state index contributed by atoms with van der Waals surface area (Å²) in [4.78, 5) is 21.8. The van der Waals surface area contributed by atoms with Crippen LogP contribution in [0, 0.1) is 78.9 Å². The van der Waals surface area contributed by atoms with Crippen LogP contribution in [0.15, 0.2) is 368 Å². The minimum atomic E-state index is -0.682. The molecule has 5 atom stereocenters. The molecule has 0 bridgehead atoms. The van der Waals surface area contributed by atoms with E-state index in [1.54, 1.807) is 0 Å². The second-order valence-electron chi connectivity index (χ2n) is 32.8. The molecule has 0 amide bonds. The normalized spacial score (nSPS) is 15.8. The quantitative estimate of drug-likeness (QED) is 0.0505. The summed E-state index contributed by atoms with van der Waals surface area (Å²) in [5, 5.41) is 0. The Bertz CT molecular complexity index is 6190. The molecular weight excluding hydrogens is 1940 g/mol. The first kappa shape index (κ1) is 98.0. The molecule has 5 aliphatic heterocycles. The monoisotopic (exact) mass is 2020 g/mol. The van der Waals surface area contributed by atoms with Gasteiger partial charge in [0.05, 0.1) is 4.47 Å². The lowest BCUT2D eigenvalue weighted by Crippen LogP contribution is -2.07. The largest absolute Gasteiger partial charge is 0.489 e. The van der Waals surface area contributed by atoms with Crippen molar-refractivity contribution in [3.8, 4) is 28.7 Å². The van der Waals surface area contributed by atoms with Crippen LogP contribution in [0.4, 0.5) is 43.9 Å². The molecule has 0 radical (unpaired) electrons. The summed E-state index contributed by atoms with van der Waals surface area (Å²) in [5.74, 6) is -2.74. The second kappa shape index (κ2) is 46.8. The molecule has 0 N–H and O–H groups in total. The van der Waals surface area contributed by atoms with E-state index in [0.29, 0.717) is 33.0 Å². The fraction of sp³-hybridized carbons (Fsp3) is 0.159. The van der Waals surface area contributed by atoms with Gasteiger partial charge in [0.1, 0.15) is 211 Å². The van der Waals surface area contributed by atoms with Crippen LogP contribution in [0.25, 0.3) is 0 Å². The molecule has 140 heavy (non-hydrogen) atoms. The molecule has 0 spiro atoms. The standard InChI is InChI=1S/3C23H19F2NO2.2C22H16BrF2NO2/c3*1-15-5-11-18(12-6-15)27-13-16-7-9-17(10-8-16)21-14-28-23(26-21)22-19(24)3-2-4-20(22)25;23-16-4-1-2-7-20(16)27-12-14-8-10-15(11-9-14)19-13-28-22(26-19)21-17(24)5-3-6-18(21)25;23-16-8-10-17(11-9-16)27-12-14-4-6-15(7-5-14)20-13-28-22(26-20)21-18(24)2-1-3-19(21)25/h3*2-12,21H,13-14H2,1H3;1-11,19H,12-13H2;1-11,20H,12-13H2. The predicted octanol–water partition coefficient (Wildman–Crippen LogP) is 27.8. The molecule has 20 rings (SSSR count). The summed E-state index contributed by atoms with van der Waals surface area (Å²) in [6.45, 7) is 9.59. The molecule has 0 saturated heterocycles. The predicted molar refractivity (Wildman–Crippen MR) is 524 cm³/mol. The number of rotatable bonds is 25. The number of ether oxygens (including phenoxy) is 10. The van der Waals surface area contributed by atoms with Crippen molar-refractivity contribution < 1.29 is 91.3 Å². The molecule has 5 unspecified atom stereocenters. The average Bonchev–Trinajstić information content (AvgIpc) is 1.67. The first-order valence-electron chi connectivity index (χ1n) is 44.5. The van der Waals surface area contributed by atoms with Gasteiger partial charge in [-0.15, -0.1) is 0 Å². The number of aryl methyl sites for hydroxylation is 3. The summed E-state index contributed by atoms with van der Waals surface area (Å²) < 4.78 is 197. The Hall–Kier alpha value is -15.1. The topological polar surface area (TPSA) is 154 Å². The highest BCUT2D eigenvalue weighted by molar-refractivity contribution is 9.10. The molecule has 0 aliphatic carbocycles. The van der Waals surface area contributed by atoms with Crippen molar-refractivity contribution in [2.24, 2.45) is 25.0 Å². The zero-order chi connectivity index (χ0) is 97.5. The van der Waals surface area contributed by atoms with Crippen molar-refractivity contribution in [2.45, 2.75) is 84.0 Å². The summed E-state index contributed by atoms with van der Waals surface area (Å²) in [6.07, 6.45) is 0. The maximum absolute atomic E-state index is 13.9. The number of hydrogen-bond acceptors (Lipinski definition) is 15. The van der Waals surface area contributed by atoms with Gasteiger partial charge in [0.2, 0.25) is 29.5 Å². The Kier molecular flexibility index (Phi) is 32.8. The van der Waals surface area contributed by atoms with E-state index in [9.17, 15) is 43.9 Å². The van der Waals surface area contributed by atoms with E-state index >= 15 is 0 Å². The fourth-order valence-electron chi connectivity index (χ4n) is 14.9. The lowest BCUT2D eigenvalue weighted by molar-refractivity contribution is 0.304. The van der Waals surface area contributed by atoms with E-state index < -0.39 is 58.2 Å². The van der Waals surface area contributed by atoms with Gasteiger partial charge in [-0.05, 0) is 226 Å². The third-order valence-electron chi connectivity index (χ3n) is 22.7. The lowest BCUT2D eigenvalue weighted by atomic mass is 10.1. The van der Waals surface area contributed by atoms with Crippen molar-refractivity contribution in [1.29, 1.82) is 0 Å². The molecule has 0 saturated carbocycles. The van der Waals surface area contributed by atoms with Crippen LogP contribution in [0.3, 0.4) is 0 Å². The van der Waals surface area contributed by atoms with Crippen LogP contribution in [0.2, 0.25) is 0 Å². The SMILES string of the molecule is Cc1ccc(OCc2ccc(C3COC(c4c(F)cccc4F)=N3)cc2)cc1.Cc1ccc(OCc2ccc(C3COC(c4c(F)cccc4F)=N3)cc2)cc1.Cc1ccc(OCc2ccc(C3COC(c4c(F)cccc4F)=N3)cc2)cc1.Fc1cccc(F)c1C1=NC(c2ccc(COc3ccc(Br)cc3)cc2)CO1.Fc1cccc(F)c1C1=NC(c2ccc(COc3ccccc3Br)cc2)CO1. The highest BCUT2D eigenvalue weighted by atomic mass is 79.9. The molecule has 0 fully saturated rings. The van der Waals surface area contributed by atoms with Gasteiger partial charge in [0.25, 0.3) is 0 Å². The van der Waals surface area contributed by atoms with Gasteiger partial charge < -0.3 is 47.4 Å². The number of hydrogen-bond donors (Lipinski definition) is 0. The van der Waals surface area contributed by atoms with Crippen molar-refractivity contribution in [3.63, 3.8) is 0 Å². The van der Waals surface area contributed by atoms with E-state index in [1.165, 1.54) is 108 Å². The van der Waals surface area contributed by atoms with Crippen LogP contribution in [0.5, 0.6) is 28.7 Å². The zero-order valence-electron chi connectivity index (χ0n) is 75.6. The first-order chi connectivity index (χ1) is 68.0. The molecule has 27 heteroatoms. The van der Waals surface area contributed by atoms with E-state index in [-0.39, 0.29) is 121 Å². The third kappa shape index (κ3) is 25.8. The number of aliphatic imine (C=N–C) groups is 5. The van der Waals surface area contributed by atoms with Crippen LogP contribution in [-0.4, -0.2) is 62.5 Å². The molecule has 15 nitrogen and oxygen atoms in total. The van der Waals surface area contributed by atoms with Gasteiger partial charge in [0, 0.05) is 4.47 Å². The summed E-state index contributed by atoms with van der Waals surface area (Å²) in [6, 6.07) is 94.9. The fourth-order valence-corrected chi connectivity index (χ4v) is 15.6. The van der Waals surface area contributed by atoms with Crippen LogP contribution in [-0.2, 0) is 56.7 Å². The number of benzene rings is 15. The van der Waals surface area contributed by atoms with Gasteiger partial charge >= 0.3 is 0 Å². The number of halogens is 12. The third-order valence-corrected chi connectivity index (χ3v) is 23.9. The van der Waals surface area contributed by atoms with Crippen molar-refractivity contribution in [2.75, 3.05) is 33.0 Å². The maximum Gasteiger partial charge on any atom is 0.222 e. The first-order valence-corrected chi connectivity index (χ1v) is 46.1. The van der Waals surface area contributed by atoms with E-state index in [0.717, 1.165) is 93.3 Å². The molecule has 5 heterocycles. The van der Waals surface area contributed by atoms with E-state index in [1.807, 2.05) is 263 Å². The molecule has 15 aromatic rings. The Morgan fingerprint density at radius 3 is 0.629 bits per heavy atom. The summed E-state index contributed by atoms with van der Waals surface area (Å²) in [7, 11) is 0. The van der Waals surface area contributed by atoms with Gasteiger partial charge in [-0.2, -0.15) is 0 Å². The molecule has 0 aromatic heterocycles. The molecule has 710 valence electrons. The van der Waals surface area contributed by atoms with E-state index in [4.69, 9.17) is 47.4 Å².